The average Bonchev–Trinajstić information content (AvgIpc) is 3.41. The number of hydrogen-bond acceptors (Lipinski definition) is 8. The Kier molecular flexibility index (Phi) is 7.35. The number of carbonyl (C=O) groups excluding carboxylic acids is 2. The van der Waals surface area contributed by atoms with Crippen LogP contribution in [0.5, 0.6) is 5.88 Å². The lowest BCUT2D eigenvalue weighted by Crippen LogP contribution is -2.40. The molecule has 190 valence electrons. The molecule has 1 amide bonds. The van der Waals surface area contributed by atoms with E-state index in [1.165, 1.54) is 18.4 Å². The Bertz CT molecular complexity index is 1370. The Labute approximate surface area is 213 Å². The Morgan fingerprint density at radius 2 is 1.92 bits per heavy atom. The first-order chi connectivity index (χ1) is 17.1. The highest BCUT2D eigenvalue weighted by molar-refractivity contribution is 7.21. The fraction of sp³-hybridized carbons (Fsp3) is 0.346. The van der Waals surface area contributed by atoms with Gasteiger partial charge in [0.2, 0.25) is 5.88 Å². The topological polar surface area (TPSA) is 103 Å². The Balaban J connectivity index is 1.61. The number of fused-ring (bicyclic) bond motifs is 3. The van der Waals surface area contributed by atoms with Crippen LogP contribution < -0.4 is 15.4 Å². The van der Waals surface area contributed by atoms with Crippen LogP contribution in [0.15, 0.2) is 48.7 Å². The largest absolute Gasteiger partial charge is 0.472 e. The third-order valence-corrected chi connectivity index (χ3v) is 6.36. The number of thiophene rings is 1. The van der Waals surface area contributed by atoms with Crippen LogP contribution in [0, 0.1) is 0 Å². The molecule has 0 fully saturated rings. The molecule has 0 bridgehead atoms. The number of esters is 1. The molecule has 0 spiro atoms. The van der Waals surface area contributed by atoms with Gasteiger partial charge in [-0.2, -0.15) is 0 Å². The highest BCUT2D eigenvalue weighted by atomic mass is 32.1. The molecule has 0 aliphatic carbocycles. The van der Waals surface area contributed by atoms with Crippen LogP contribution in [0.25, 0.3) is 15.6 Å². The number of pyridine rings is 1. The van der Waals surface area contributed by atoms with Crippen molar-refractivity contribution in [3.05, 3.63) is 59.1 Å². The first-order valence-electron chi connectivity index (χ1n) is 11.6. The minimum absolute atomic E-state index is 0.269. The summed E-state index contributed by atoms with van der Waals surface area (Å²) in [6, 6.07) is 13.3. The third-order valence-electron chi connectivity index (χ3n) is 5.22. The van der Waals surface area contributed by atoms with E-state index in [0.717, 1.165) is 21.2 Å². The van der Waals surface area contributed by atoms with Crippen molar-refractivity contribution in [1.82, 2.24) is 14.9 Å². The van der Waals surface area contributed by atoms with Crippen molar-refractivity contribution in [2.75, 3.05) is 19.0 Å². The standard InChI is InChI=1S/C26H30N4O5S/c1-16(28-25(32)35-26(2,3)4)14-27-22-21-18-13-20(34-15-17-9-7-6-8-10-17)29-30(18)12-11-19(21)36-23(22)24(31)33-5/h6-13,16,27H,14-15H2,1-5H3,(H,28,32)/t16-/m1/s1. The number of rotatable bonds is 8. The first-order valence-corrected chi connectivity index (χ1v) is 12.4. The van der Waals surface area contributed by atoms with E-state index in [-0.39, 0.29) is 6.04 Å². The number of nitrogens with zero attached hydrogens (tertiary/aromatic N) is 2. The van der Waals surface area contributed by atoms with Crippen LogP contribution in [-0.4, -0.2) is 47.0 Å². The fourth-order valence-electron chi connectivity index (χ4n) is 3.65. The van der Waals surface area contributed by atoms with Gasteiger partial charge in [-0.3, -0.25) is 0 Å². The number of nitrogens with one attached hydrogen (secondary N) is 2. The summed E-state index contributed by atoms with van der Waals surface area (Å²) in [7, 11) is 1.35. The van der Waals surface area contributed by atoms with Crippen LogP contribution in [-0.2, 0) is 16.1 Å². The highest BCUT2D eigenvalue weighted by Crippen LogP contribution is 2.39. The summed E-state index contributed by atoms with van der Waals surface area (Å²) < 4.78 is 18.9. The summed E-state index contributed by atoms with van der Waals surface area (Å²) in [5.74, 6) is 0.0350. The van der Waals surface area contributed by atoms with Crippen molar-refractivity contribution >= 4 is 44.7 Å². The summed E-state index contributed by atoms with van der Waals surface area (Å²) in [6.45, 7) is 8.04. The van der Waals surface area contributed by atoms with Crippen molar-refractivity contribution in [2.45, 2.75) is 45.9 Å². The third kappa shape index (κ3) is 5.88. The van der Waals surface area contributed by atoms with Gasteiger partial charge in [-0.05, 0) is 39.3 Å². The van der Waals surface area contributed by atoms with E-state index in [4.69, 9.17) is 14.2 Å². The maximum atomic E-state index is 12.6. The van der Waals surface area contributed by atoms with Gasteiger partial charge in [-0.25, -0.2) is 14.1 Å². The number of alkyl carbamates (subject to hydrolysis) is 1. The van der Waals surface area contributed by atoms with Crippen LogP contribution >= 0.6 is 11.3 Å². The minimum Gasteiger partial charge on any atom is -0.472 e. The first kappa shape index (κ1) is 25.3. The van der Waals surface area contributed by atoms with Gasteiger partial charge in [-0.1, -0.05) is 30.3 Å². The maximum absolute atomic E-state index is 12.6. The number of methoxy groups -OCH3 is 1. The van der Waals surface area contributed by atoms with Gasteiger partial charge < -0.3 is 24.8 Å². The molecule has 0 radical (unpaired) electrons. The minimum atomic E-state index is -0.591. The summed E-state index contributed by atoms with van der Waals surface area (Å²) in [6.07, 6.45) is 1.33. The monoisotopic (exact) mass is 510 g/mol. The zero-order valence-corrected chi connectivity index (χ0v) is 21.8. The zero-order valence-electron chi connectivity index (χ0n) is 21.0. The molecule has 0 unspecified atom stereocenters. The molecule has 1 atom stereocenters. The number of anilines is 1. The van der Waals surface area contributed by atoms with Gasteiger partial charge in [0.15, 0.2) is 0 Å². The quantitative estimate of drug-likeness (QED) is 0.313. The van der Waals surface area contributed by atoms with E-state index in [2.05, 4.69) is 15.7 Å². The predicted molar refractivity (Wildman–Crippen MR) is 140 cm³/mol. The summed E-state index contributed by atoms with van der Waals surface area (Å²) in [5, 5.41) is 11.5. The molecule has 0 aliphatic heterocycles. The molecular formula is C26H30N4O5S. The Morgan fingerprint density at radius 1 is 1.17 bits per heavy atom. The van der Waals surface area contributed by atoms with Crippen molar-refractivity contribution in [2.24, 2.45) is 0 Å². The van der Waals surface area contributed by atoms with Crippen molar-refractivity contribution in [3.63, 3.8) is 0 Å². The summed E-state index contributed by atoms with van der Waals surface area (Å²) >= 11 is 1.33. The number of ether oxygens (including phenoxy) is 3. The molecule has 4 rings (SSSR count). The number of aromatic nitrogens is 2. The van der Waals surface area contributed by atoms with E-state index >= 15 is 0 Å². The van der Waals surface area contributed by atoms with Crippen LogP contribution in [0.1, 0.15) is 42.9 Å². The van der Waals surface area contributed by atoms with Gasteiger partial charge in [0.25, 0.3) is 0 Å². The van der Waals surface area contributed by atoms with Gasteiger partial charge in [-0.15, -0.1) is 16.4 Å². The number of benzene rings is 1. The normalized spacial score (nSPS) is 12.4. The highest BCUT2D eigenvalue weighted by Gasteiger charge is 2.23. The van der Waals surface area contributed by atoms with Gasteiger partial charge in [0.05, 0.1) is 18.3 Å². The molecule has 9 nitrogen and oxygen atoms in total. The van der Waals surface area contributed by atoms with Crippen molar-refractivity contribution in [3.8, 4) is 5.88 Å². The van der Waals surface area contributed by atoms with Crippen LogP contribution in [0.3, 0.4) is 0 Å². The molecule has 3 heterocycles. The van der Waals surface area contributed by atoms with Gasteiger partial charge >= 0.3 is 12.1 Å². The van der Waals surface area contributed by atoms with E-state index in [9.17, 15) is 9.59 Å². The number of amides is 1. The SMILES string of the molecule is COC(=O)c1sc2ccn3nc(OCc4ccccc4)cc3c2c1NC[C@@H](C)NC(=O)OC(C)(C)C. The van der Waals surface area contributed by atoms with Crippen molar-refractivity contribution < 1.29 is 23.8 Å². The second kappa shape index (κ2) is 10.4. The van der Waals surface area contributed by atoms with E-state index < -0.39 is 17.7 Å². The van der Waals surface area contributed by atoms with Crippen LogP contribution in [0.4, 0.5) is 10.5 Å². The summed E-state index contributed by atoms with van der Waals surface area (Å²) in [5.41, 5.74) is 1.86. The molecule has 36 heavy (non-hydrogen) atoms. The second-order valence-corrected chi connectivity index (χ2v) is 10.4. The molecule has 4 aromatic rings. The predicted octanol–water partition coefficient (Wildman–Crippen LogP) is 5.24. The maximum Gasteiger partial charge on any atom is 0.407 e. The molecule has 10 heteroatoms. The molecule has 1 aromatic carbocycles. The van der Waals surface area contributed by atoms with Crippen molar-refractivity contribution in [1.29, 1.82) is 0 Å². The Morgan fingerprint density at radius 3 is 2.61 bits per heavy atom. The van der Waals surface area contributed by atoms with E-state index in [1.807, 2.05) is 76.4 Å². The molecule has 0 saturated heterocycles. The Hall–Kier alpha value is -3.79. The smallest absolute Gasteiger partial charge is 0.407 e. The lowest BCUT2D eigenvalue weighted by Gasteiger charge is -2.22. The summed E-state index contributed by atoms with van der Waals surface area (Å²) in [4.78, 5) is 25.2. The second-order valence-electron chi connectivity index (χ2n) is 9.37. The van der Waals surface area contributed by atoms with E-state index in [1.54, 1.807) is 4.52 Å². The van der Waals surface area contributed by atoms with Gasteiger partial charge in [0.1, 0.15) is 17.1 Å². The number of carbonyl (C=O) groups is 2. The lowest BCUT2D eigenvalue weighted by atomic mass is 10.2. The zero-order chi connectivity index (χ0) is 25.9. The molecule has 0 saturated carbocycles. The molecular weight excluding hydrogens is 480 g/mol. The lowest BCUT2D eigenvalue weighted by molar-refractivity contribution is 0.0509. The molecule has 0 aliphatic rings. The molecule has 3 aromatic heterocycles. The average molecular weight is 511 g/mol. The fourth-order valence-corrected chi connectivity index (χ4v) is 4.75. The van der Waals surface area contributed by atoms with Crippen LogP contribution in [0.2, 0.25) is 0 Å². The number of hydrogen-bond donors (Lipinski definition) is 2. The van der Waals surface area contributed by atoms with Gasteiger partial charge in [0, 0.05) is 34.9 Å². The van der Waals surface area contributed by atoms with E-state index in [0.29, 0.717) is 29.6 Å². The molecule has 2 N–H and O–H groups in total.